The summed E-state index contributed by atoms with van der Waals surface area (Å²) in [6, 6.07) is 8.95. The van der Waals surface area contributed by atoms with E-state index in [1.807, 2.05) is 6.07 Å². The van der Waals surface area contributed by atoms with Crippen LogP contribution in [0.15, 0.2) is 42.9 Å². The van der Waals surface area contributed by atoms with Crippen LogP contribution in [-0.4, -0.2) is 35.0 Å². The van der Waals surface area contributed by atoms with Crippen molar-refractivity contribution in [1.82, 2.24) is 9.97 Å². The Labute approximate surface area is 128 Å². The number of nitrogens with zero attached hydrogens (tertiary/aromatic N) is 2. The highest BCUT2D eigenvalue weighted by atomic mass is 35.5. The minimum Gasteiger partial charge on any atom is -0.465 e. The third-order valence-corrected chi connectivity index (χ3v) is 2.63. The van der Waals surface area contributed by atoms with Crippen LogP contribution < -0.4 is 4.90 Å². The molecule has 0 aliphatic heterocycles. The summed E-state index contributed by atoms with van der Waals surface area (Å²) >= 11 is 0. The predicted molar refractivity (Wildman–Crippen MR) is 80.6 cm³/mol. The minimum atomic E-state index is -0.454. The van der Waals surface area contributed by atoms with E-state index >= 15 is 0 Å². The second kappa shape index (κ2) is 8.06. The molecule has 0 aliphatic carbocycles. The fourth-order valence-electron chi connectivity index (χ4n) is 1.74. The van der Waals surface area contributed by atoms with Gasteiger partial charge < -0.3 is 9.72 Å². The highest BCUT2D eigenvalue weighted by Crippen LogP contribution is 2.15. The lowest BCUT2D eigenvalue weighted by molar-refractivity contribution is -0.141. The van der Waals surface area contributed by atoms with Gasteiger partial charge in [-0.1, -0.05) is 18.2 Å². The molecule has 0 unspecified atom stereocenters. The monoisotopic (exact) mass is 309 g/mol. The van der Waals surface area contributed by atoms with Gasteiger partial charge in [0.05, 0.1) is 19.1 Å². The lowest BCUT2D eigenvalue weighted by Crippen LogP contribution is -2.36. The zero-order valence-corrected chi connectivity index (χ0v) is 12.3. The highest BCUT2D eigenvalue weighted by Gasteiger charge is 2.22. The molecule has 1 heterocycles. The van der Waals surface area contributed by atoms with Crippen molar-refractivity contribution in [1.29, 1.82) is 0 Å². The van der Waals surface area contributed by atoms with E-state index in [4.69, 9.17) is 4.74 Å². The Hall–Kier alpha value is -2.34. The van der Waals surface area contributed by atoms with Crippen LogP contribution in [0.4, 0.5) is 5.69 Å². The maximum Gasteiger partial charge on any atom is 0.326 e. The van der Waals surface area contributed by atoms with E-state index in [2.05, 4.69) is 9.97 Å². The van der Waals surface area contributed by atoms with E-state index in [0.717, 1.165) is 0 Å². The van der Waals surface area contributed by atoms with Crippen molar-refractivity contribution in [3.05, 3.63) is 48.5 Å². The molecule has 1 amide bonds. The fourth-order valence-corrected chi connectivity index (χ4v) is 1.74. The Morgan fingerprint density at radius 2 is 2.00 bits per heavy atom. The van der Waals surface area contributed by atoms with Gasteiger partial charge in [0.15, 0.2) is 0 Å². The van der Waals surface area contributed by atoms with E-state index in [1.165, 1.54) is 17.4 Å². The molecule has 112 valence electrons. The minimum absolute atomic E-state index is 0. The lowest BCUT2D eigenvalue weighted by Gasteiger charge is -2.21. The van der Waals surface area contributed by atoms with Gasteiger partial charge in [0, 0.05) is 5.69 Å². The zero-order chi connectivity index (χ0) is 14.4. The molecule has 0 saturated carbocycles. The molecule has 2 aromatic rings. The topological polar surface area (TPSA) is 75.3 Å². The van der Waals surface area contributed by atoms with Crippen LogP contribution in [0.25, 0.3) is 0 Å². The number of benzene rings is 1. The quantitative estimate of drug-likeness (QED) is 0.858. The number of para-hydroxylation sites is 1. The number of aromatic nitrogens is 2. The second-order valence-electron chi connectivity index (χ2n) is 4.00. The van der Waals surface area contributed by atoms with Crippen LogP contribution in [0.3, 0.4) is 0 Å². The number of H-pyrrole nitrogens is 1. The van der Waals surface area contributed by atoms with E-state index in [0.29, 0.717) is 11.4 Å². The number of nitrogens with one attached hydrogen (secondary N) is 1. The zero-order valence-electron chi connectivity index (χ0n) is 11.5. The summed E-state index contributed by atoms with van der Waals surface area (Å²) < 4.78 is 4.90. The maximum absolute atomic E-state index is 12.4. The normalized spacial score (nSPS) is 9.57. The summed E-state index contributed by atoms with van der Waals surface area (Å²) in [4.78, 5) is 32.0. The first-order chi connectivity index (χ1) is 9.72. The van der Waals surface area contributed by atoms with Gasteiger partial charge in [-0.05, 0) is 19.1 Å². The smallest absolute Gasteiger partial charge is 0.326 e. The van der Waals surface area contributed by atoms with Crippen molar-refractivity contribution in [2.24, 2.45) is 0 Å². The van der Waals surface area contributed by atoms with E-state index < -0.39 is 5.97 Å². The van der Waals surface area contributed by atoms with Crippen LogP contribution in [0.2, 0.25) is 0 Å². The van der Waals surface area contributed by atoms with E-state index in [1.54, 1.807) is 31.2 Å². The Kier molecular flexibility index (Phi) is 6.42. The lowest BCUT2D eigenvalue weighted by atomic mass is 10.2. The number of ether oxygens (including phenoxy) is 1. The highest BCUT2D eigenvalue weighted by molar-refractivity contribution is 6.07. The molecule has 0 fully saturated rings. The molecule has 0 radical (unpaired) electrons. The molecule has 1 aromatic carbocycles. The molecule has 1 aromatic heterocycles. The van der Waals surface area contributed by atoms with Gasteiger partial charge in [-0.15, -0.1) is 12.4 Å². The largest absolute Gasteiger partial charge is 0.465 e. The predicted octanol–water partition coefficient (Wildman–Crippen LogP) is 2.04. The molecule has 1 N–H and O–H groups in total. The average molecular weight is 310 g/mol. The summed E-state index contributed by atoms with van der Waals surface area (Å²) in [5.41, 5.74) is 0.943. The first-order valence-electron chi connectivity index (χ1n) is 6.23. The Balaban J connectivity index is 0.00000220. The molecule has 0 saturated heterocycles. The van der Waals surface area contributed by atoms with Gasteiger partial charge in [-0.2, -0.15) is 0 Å². The number of imidazole rings is 1. The number of amides is 1. The number of esters is 1. The number of halogens is 1. The fraction of sp³-hybridized carbons (Fsp3) is 0.214. The first kappa shape index (κ1) is 16.7. The van der Waals surface area contributed by atoms with Crippen molar-refractivity contribution in [3.8, 4) is 0 Å². The SMILES string of the molecule is CCOC(=O)CN(C(=O)c1cnc[nH]1)c1ccccc1.Cl. The van der Waals surface area contributed by atoms with E-state index in [9.17, 15) is 9.59 Å². The number of hydrogen-bond donors (Lipinski definition) is 1. The summed E-state index contributed by atoms with van der Waals surface area (Å²) in [5.74, 6) is -0.786. The number of hydrogen-bond acceptors (Lipinski definition) is 4. The van der Waals surface area contributed by atoms with Crippen molar-refractivity contribution < 1.29 is 14.3 Å². The first-order valence-corrected chi connectivity index (χ1v) is 6.23. The summed E-state index contributed by atoms with van der Waals surface area (Å²) in [7, 11) is 0. The maximum atomic E-state index is 12.4. The van der Waals surface area contributed by atoms with Crippen LogP contribution in [0.1, 0.15) is 17.4 Å². The van der Waals surface area contributed by atoms with Crippen molar-refractivity contribution in [2.75, 3.05) is 18.1 Å². The number of carbonyl (C=O) groups is 2. The molecular weight excluding hydrogens is 294 g/mol. The van der Waals surface area contributed by atoms with Gasteiger partial charge in [0.1, 0.15) is 12.2 Å². The molecule has 7 heteroatoms. The molecule has 0 aliphatic rings. The molecule has 6 nitrogen and oxygen atoms in total. The van der Waals surface area contributed by atoms with Gasteiger partial charge in [0.25, 0.3) is 5.91 Å². The van der Waals surface area contributed by atoms with Gasteiger partial charge >= 0.3 is 5.97 Å². The van der Waals surface area contributed by atoms with Crippen LogP contribution in [0.5, 0.6) is 0 Å². The van der Waals surface area contributed by atoms with Gasteiger partial charge in [0.2, 0.25) is 0 Å². The summed E-state index contributed by atoms with van der Waals surface area (Å²) in [6.45, 7) is 1.86. The molecular formula is C14H16ClN3O3. The van der Waals surface area contributed by atoms with Crippen molar-refractivity contribution >= 4 is 30.0 Å². The third-order valence-electron chi connectivity index (χ3n) is 2.63. The summed E-state index contributed by atoms with van der Waals surface area (Å²) in [6.07, 6.45) is 2.84. The van der Waals surface area contributed by atoms with Crippen molar-refractivity contribution in [3.63, 3.8) is 0 Å². The van der Waals surface area contributed by atoms with Crippen LogP contribution in [-0.2, 0) is 9.53 Å². The third kappa shape index (κ3) is 4.32. The standard InChI is InChI=1S/C14H15N3O3.ClH/c1-2-20-13(18)9-17(11-6-4-3-5-7-11)14(19)12-8-15-10-16-12;/h3-8,10H,2,9H2,1H3,(H,15,16);1H. The van der Waals surface area contributed by atoms with Crippen LogP contribution >= 0.6 is 12.4 Å². The van der Waals surface area contributed by atoms with E-state index in [-0.39, 0.29) is 31.5 Å². The van der Waals surface area contributed by atoms with Crippen molar-refractivity contribution in [2.45, 2.75) is 6.92 Å². The number of carbonyl (C=O) groups excluding carboxylic acids is 2. The molecule has 0 atom stereocenters. The number of anilines is 1. The Morgan fingerprint density at radius 1 is 1.29 bits per heavy atom. The average Bonchev–Trinajstić information content (AvgIpc) is 2.99. The van der Waals surface area contributed by atoms with Gasteiger partial charge in [-0.25, -0.2) is 4.98 Å². The molecule has 21 heavy (non-hydrogen) atoms. The second-order valence-corrected chi connectivity index (χ2v) is 4.00. The Morgan fingerprint density at radius 3 is 2.57 bits per heavy atom. The number of rotatable bonds is 5. The Bertz CT molecular complexity index is 572. The van der Waals surface area contributed by atoms with Gasteiger partial charge in [-0.3, -0.25) is 14.5 Å². The summed E-state index contributed by atoms with van der Waals surface area (Å²) in [5, 5.41) is 0. The van der Waals surface area contributed by atoms with Crippen LogP contribution in [0, 0.1) is 0 Å². The molecule has 0 spiro atoms. The molecule has 2 rings (SSSR count). The molecule has 0 bridgehead atoms. The number of aromatic amines is 1.